The lowest BCUT2D eigenvalue weighted by Gasteiger charge is -2.33. The molecule has 1 amide bonds. The maximum Gasteiger partial charge on any atom is 0.299 e. The number of carbonyl (C=O) groups is 1. The molecule has 0 radical (unpaired) electrons. The Kier molecular flexibility index (Phi) is 9.46. The van der Waals surface area contributed by atoms with E-state index < -0.39 is 0 Å². The average Bonchev–Trinajstić information content (AvgIpc) is 2.88. The number of aryl methyl sites for hydroxylation is 1. The third-order valence-electron chi connectivity index (χ3n) is 6.30. The molecular formula is C26H33ClN4O3S. The number of carbonyl (C=O) groups excluding carboxylic acids is 1. The van der Waals surface area contributed by atoms with Crippen molar-refractivity contribution in [2.45, 2.75) is 33.1 Å². The Labute approximate surface area is 217 Å². The number of fused-ring (bicyclic) bond motifs is 1. The molecule has 0 spiro atoms. The largest absolute Gasteiger partial charge is 0.493 e. The summed E-state index contributed by atoms with van der Waals surface area (Å²) in [5.41, 5.74) is 7.97. The summed E-state index contributed by atoms with van der Waals surface area (Å²) in [5, 5.41) is 4.15. The molecule has 0 saturated carbocycles. The minimum atomic E-state index is -0.107. The number of hydrogen-bond donors (Lipinski definition) is 1. The Balaban J connectivity index is 0.00000342. The van der Waals surface area contributed by atoms with Crippen LogP contribution in [0.1, 0.15) is 43.4 Å². The van der Waals surface area contributed by atoms with Crippen molar-refractivity contribution in [2.75, 3.05) is 38.0 Å². The van der Waals surface area contributed by atoms with Gasteiger partial charge in [0.25, 0.3) is 5.24 Å². The van der Waals surface area contributed by atoms with Gasteiger partial charge in [-0.25, -0.2) is 5.43 Å². The summed E-state index contributed by atoms with van der Waals surface area (Å²) in [6, 6.07) is 12.5. The van der Waals surface area contributed by atoms with Gasteiger partial charge in [0.15, 0.2) is 11.5 Å². The van der Waals surface area contributed by atoms with Crippen LogP contribution in [0.5, 0.6) is 11.5 Å². The Bertz CT molecular complexity index is 1120. The SMILES string of the molecule is CCC(C)CN=C(c1ccc(OC)c(OC)c1)N1CCCc2cc(C3=NNC(=O)SC3)ccc21.Cl. The van der Waals surface area contributed by atoms with Crippen molar-refractivity contribution in [2.24, 2.45) is 16.0 Å². The Morgan fingerprint density at radius 1 is 1.20 bits per heavy atom. The number of nitrogens with one attached hydrogen (secondary N) is 1. The maximum atomic E-state index is 11.5. The zero-order valence-corrected chi connectivity index (χ0v) is 22.3. The first-order valence-corrected chi connectivity index (χ1v) is 12.7. The Morgan fingerprint density at radius 2 is 2.00 bits per heavy atom. The molecule has 0 saturated heterocycles. The molecule has 2 aliphatic heterocycles. The molecule has 2 aromatic rings. The van der Waals surface area contributed by atoms with Crippen LogP contribution in [0, 0.1) is 5.92 Å². The van der Waals surface area contributed by atoms with E-state index in [0.29, 0.717) is 23.2 Å². The van der Waals surface area contributed by atoms with Crippen LogP contribution in [0.4, 0.5) is 10.5 Å². The molecule has 0 bridgehead atoms. The normalized spacial score (nSPS) is 16.5. The molecule has 0 aliphatic carbocycles. The molecule has 7 nitrogen and oxygen atoms in total. The lowest BCUT2D eigenvalue weighted by Crippen LogP contribution is -2.37. The molecule has 9 heteroatoms. The van der Waals surface area contributed by atoms with Gasteiger partial charge < -0.3 is 14.4 Å². The predicted molar refractivity (Wildman–Crippen MR) is 147 cm³/mol. The first-order valence-electron chi connectivity index (χ1n) is 11.7. The van der Waals surface area contributed by atoms with Gasteiger partial charge in [-0.05, 0) is 60.2 Å². The van der Waals surface area contributed by atoms with Crippen LogP contribution in [0.15, 0.2) is 46.5 Å². The van der Waals surface area contributed by atoms with Crippen LogP contribution >= 0.6 is 24.2 Å². The lowest BCUT2D eigenvalue weighted by atomic mass is 9.96. The van der Waals surface area contributed by atoms with Gasteiger partial charge >= 0.3 is 0 Å². The van der Waals surface area contributed by atoms with E-state index in [4.69, 9.17) is 14.5 Å². The number of thioether (sulfide) groups is 1. The number of methoxy groups -OCH3 is 2. The number of amidine groups is 1. The fraction of sp³-hybridized carbons (Fsp3) is 0.423. The van der Waals surface area contributed by atoms with Crippen molar-refractivity contribution in [3.63, 3.8) is 0 Å². The van der Waals surface area contributed by atoms with Gasteiger partial charge in [0.2, 0.25) is 0 Å². The van der Waals surface area contributed by atoms with Gasteiger partial charge in [0.1, 0.15) is 5.84 Å². The Morgan fingerprint density at radius 3 is 2.69 bits per heavy atom. The zero-order valence-electron chi connectivity index (χ0n) is 20.7. The van der Waals surface area contributed by atoms with Crippen molar-refractivity contribution >= 4 is 46.6 Å². The van der Waals surface area contributed by atoms with Gasteiger partial charge in [-0.15, -0.1) is 12.4 Å². The van der Waals surface area contributed by atoms with Crippen LogP contribution in [0.3, 0.4) is 0 Å². The van der Waals surface area contributed by atoms with E-state index in [2.05, 4.69) is 53.5 Å². The van der Waals surface area contributed by atoms with E-state index in [1.807, 2.05) is 12.1 Å². The van der Waals surface area contributed by atoms with Gasteiger partial charge in [-0.3, -0.25) is 9.79 Å². The molecule has 35 heavy (non-hydrogen) atoms. The topological polar surface area (TPSA) is 75.5 Å². The van der Waals surface area contributed by atoms with Gasteiger partial charge in [0, 0.05) is 30.1 Å². The number of nitrogens with zero attached hydrogens (tertiary/aromatic N) is 3. The van der Waals surface area contributed by atoms with Crippen molar-refractivity contribution in [1.82, 2.24) is 5.43 Å². The van der Waals surface area contributed by atoms with Crippen LogP contribution in [-0.2, 0) is 6.42 Å². The standard InChI is InChI=1S/C26H32N4O3S.ClH/c1-5-17(2)15-27-25(20-9-11-23(32-3)24(14-20)33-4)30-12-6-7-19-13-18(8-10-22(19)30)21-16-34-26(31)29-28-21;/h8-11,13-14,17H,5-7,12,15-16H2,1-4H3,(H,29,31);1H. The monoisotopic (exact) mass is 516 g/mol. The van der Waals surface area contributed by atoms with Gasteiger partial charge in [-0.1, -0.05) is 38.1 Å². The van der Waals surface area contributed by atoms with Crippen LogP contribution in [0.2, 0.25) is 0 Å². The Hall–Kier alpha value is -2.71. The fourth-order valence-electron chi connectivity index (χ4n) is 4.14. The van der Waals surface area contributed by atoms with Crippen LogP contribution < -0.4 is 19.8 Å². The summed E-state index contributed by atoms with van der Waals surface area (Å²) >= 11 is 1.25. The molecule has 1 N–H and O–H groups in total. The predicted octanol–water partition coefficient (Wildman–Crippen LogP) is 5.53. The summed E-state index contributed by atoms with van der Waals surface area (Å²) in [4.78, 5) is 18.9. The highest BCUT2D eigenvalue weighted by Crippen LogP contribution is 2.33. The van der Waals surface area contributed by atoms with Crippen LogP contribution in [-0.4, -0.2) is 49.8 Å². The van der Waals surface area contributed by atoms with E-state index in [-0.39, 0.29) is 17.6 Å². The highest BCUT2D eigenvalue weighted by atomic mass is 35.5. The molecule has 1 unspecified atom stereocenters. The van der Waals surface area contributed by atoms with E-state index in [1.54, 1.807) is 14.2 Å². The van der Waals surface area contributed by atoms with Gasteiger partial charge in [-0.2, -0.15) is 5.10 Å². The molecule has 1 atom stereocenters. The third kappa shape index (κ3) is 6.11. The van der Waals surface area contributed by atoms with E-state index in [9.17, 15) is 4.79 Å². The number of halogens is 1. The number of benzene rings is 2. The number of rotatable bonds is 7. The molecule has 0 fully saturated rings. The smallest absolute Gasteiger partial charge is 0.299 e. The molecule has 2 aliphatic rings. The van der Waals surface area contributed by atoms with E-state index in [0.717, 1.165) is 55.0 Å². The number of hydrogen-bond acceptors (Lipinski definition) is 6. The summed E-state index contributed by atoms with van der Waals surface area (Å²) < 4.78 is 11.0. The number of aliphatic imine (C=N–C) groups is 1. The maximum absolute atomic E-state index is 11.5. The van der Waals surface area contributed by atoms with Crippen molar-refractivity contribution < 1.29 is 14.3 Å². The third-order valence-corrected chi connectivity index (χ3v) is 7.07. The number of ether oxygens (including phenoxy) is 2. The molecular weight excluding hydrogens is 484 g/mol. The summed E-state index contributed by atoms with van der Waals surface area (Å²) in [7, 11) is 3.30. The van der Waals surface area contributed by atoms with E-state index in [1.165, 1.54) is 23.0 Å². The number of amides is 1. The fourth-order valence-corrected chi connectivity index (χ4v) is 4.74. The van der Waals surface area contributed by atoms with Crippen molar-refractivity contribution in [3.8, 4) is 11.5 Å². The summed E-state index contributed by atoms with van der Waals surface area (Å²) in [6.07, 6.45) is 3.11. The number of hydrazone groups is 1. The first kappa shape index (κ1) is 26.9. The molecule has 4 rings (SSSR count). The summed E-state index contributed by atoms with van der Waals surface area (Å²) in [6.45, 7) is 6.08. The highest BCUT2D eigenvalue weighted by Gasteiger charge is 2.25. The van der Waals surface area contributed by atoms with Gasteiger partial charge in [0.05, 0.1) is 19.9 Å². The minimum Gasteiger partial charge on any atom is -0.493 e. The molecule has 2 heterocycles. The van der Waals surface area contributed by atoms with Crippen molar-refractivity contribution in [3.05, 3.63) is 53.1 Å². The second-order valence-corrected chi connectivity index (χ2v) is 9.54. The second kappa shape index (κ2) is 12.3. The average molecular weight is 517 g/mol. The lowest BCUT2D eigenvalue weighted by molar-refractivity contribution is 0.261. The quantitative estimate of drug-likeness (QED) is 0.386. The summed E-state index contributed by atoms with van der Waals surface area (Å²) in [5.74, 6) is 3.43. The van der Waals surface area contributed by atoms with Crippen LogP contribution in [0.25, 0.3) is 0 Å². The highest BCUT2D eigenvalue weighted by molar-refractivity contribution is 8.14. The van der Waals surface area contributed by atoms with E-state index >= 15 is 0 Å². The zero-order chi connectivity index (χ0) is 24.1. The first-order chi connectivity index (χ1) is 16.5. The molecule has 188 valence electrons. The second-order valence-electron chi connectivity index (χ2n) is 8.59. The van der Waals surface area contributed by atoms with Crippen molar-refractivity contribution in [1.29, 1.82) is 0 Å². The minimum absolute atomic E-state index is 0. The number of anilines is 1. The molecule has 2 aromatic carbocycles. The molecule has 0 aromatic heterocycles.